The molecule has 0 bridgehead atoms. The number of carbonyl (C=O) groups is 2. The molecule has 0 aliphatic carbocycles. The van der Waals surface area contributed by atoms with E-state index in [-0.39, 0.29) is 18.2 Å². The maximum atomic E-state index is 11.6. The van der Waals surface area contributed by atoms with Gasteiger partial charge in [0.25, 0.3) is 5.91 Å². The number of carbonyl (C=O) groups excluding carboxylic acids is 1. The van der Waals surface area contributed by atoms with E-state index in [0.717, 1.165) is 0 Å². The summed E-state index contributed by atoms with van der Waals surface area (Å²) in [5.74, 6) is -1.27. The summed E-state index contributed by atoms with van der Waals surface area (Å²) in [4.78, 5) is 26.1. The lowest BCUT2D eigenvalue weighted by Gasteiger charge is -2.08. The van der Waals surface area contributed by atoms with Crippen molar-refractivity contribution >= 4 is 23.2 Å². The monoisotopic (exact) mass is 257 g/mol. The minimum absolute atomic E-state index is 0.0331. The predicted molar refractivity (Wildman–Crippen MR) is 63.8 cm³/mol. The molecule has 1 aromatic heterocycles. The molecule has 1 amide bonds. The summed E-state index contributed by atoms with van der Waals surface area (Å²) in [6.45, 7) is 2.40. The predicted octanol–water partition coefficient (Wildman–Crippen LogP) is 0.442. The number of hydrogen-bond acceptors (Lipinski definition) is 5. The van der Waals surface area contributed by atoms with Crippen molar-refractivity contribution in [3.63, 3.8) is 0 Å². The molecule has 1 heterocycles. The Labute approximate surface area is 103 Å². The number of carboxylic acids is 1. The molecule has 0 radical (unpaired) electrons. The molecular weight excluding hydrogens is 242 g/mol. The van der Waals surface area contributed by atoms with Crippen LogP contribution in [0.1, 0.15) is 28.8 Å². The minimum Gasteiger partial charge on any atom is -0.481 e. The maximum absolute atomic E-state index is 11.6. The van der Waals surface area contributed by atoms with Crippen molar-refractivity contribution in [3.8, 4) is 0 Å². The summed E-state index contributed by atoms with van der Waals surface area (Å²) < 4.78 is 0. The summed E-state index contributed by atoms with van der Waals surface area (Å²) in [6, 6.07) is 0. The molecular formula is C10H15N3O3S. The quantitative estimate of drug-likeness (QED) is 0.686. The highest BCUT2D eigenvalue weighted by Crippen LogP contribution is 2.09. The summed E-state index contributed by atoms with van der Waals surface area (Å²) in [5.41, 5.74) is 5.72. The molecule has 0 fully saturated rings. The first-order valence-corrected chi connectivity index (χ1v) is 6.05. The van der Waals surface area contributed by atoms with Crippen LogP contribution < -0.4 is 11.1 Å². The van der Waals surface area contributed by atoms with Crippen molar-refractivity contribution < 1.29 is 14.7 Å². The van der Waals surface area contributed by atoms with Crippen molar-refractivity contribution in [3.05, 3.63) is 16.1 Å². The van der Waals surface area contributed by atoms with Crippen molar-refractivity contribution in [2.24, 2.45) is 11.7 Å². The molecule has 17 heavy (non-hydrogen) atoms. The van der Waals surface area contributed by atoms with E-state index in [1.165, 1.54) is 11.3 Å². The second-order valence-corrected chi connectivity index (χ2v) is 4.69. The Bertz CT molecular complexity index is 405. The number of nitrogens with one attached hydrogen (secondary N) is 1. The normalized spacial score (nSPS) is 12.1. The van der Waals surface area contributed by atoms with E-state index < -0.39 is 5.97 Å². The van der Waals surface area contributed by atoms with Gasteiger partial charge in [0.1, 0.15) is 10.7 Å². The summed E-state index contributed by atoms with van der Waals surface area (Å²) in [6.07, 6.45) is 0.0331. The van der Waals surface area contributed by atoms with Crippen LogP contribution in [0, 0.1) is 5.92 Å². The SMILES string of the molecule is CC(CNC(=O)c1csc(CN)n1)CC(=O)O. The third-order valence-corrected chi connectivity index (χ3v) is 2.96. The molecule has 4 N–H and O–H groups in total. The van der Waals surface area contributed by atoms with Gasteiger partial charge in [-0.1, -0.05) is 6.92 Å². The van der Waals surface area contributed by atoms with E-state index in [0.29, 0.717) is 23.8 Å². The molecule has 0 spiro atoms. The Morgan fingerprint density at radius 3 is 2.88 bits per heavy atom. The Morgan fingerprint density at radius 1 is 1.65 bits per heavy atom. The van der Waals surface area contributed by atoms with Gasteiger partial charge in [0.15, 0.2) is 0 Å². The smallest absolute Gasteiger partial charge is 0.303 e. The van der Waals surface area contributed by atoms with Crippen LogP contribution in [0.2, 0.25) is 0 Å². The van der Waals surface area contributed by atoms with Gasteiger partial charge in [0.2, 0.25) is 0 Å². The number of nitrogens with zero attached hydrogens (tertiary/aromatic N) is 1. The first-order valence-electron chi connectivity index (χ1n) is 5.17. The number of hydrogen-bond donors (Lipinski definition) is 3. The van der Waals surface area contributed by atoms with Gasteiger partial charge >= 0.3 is 5.97 Å². The third-order valence-electron chi connectivity index (χ3n) is 2.09. The second-order valence-electron chi connectivity index (χ2n) is 3.74. The lowest BCUT2D eigenvalue weighted by atomic mass is 10.1. The van der Waals surface area contributed by atoms with Crippen LogP contribution in [0.3, 0.4) is 0 Å². The number of rotatable bonds is 6. The molecule has 0 saturated heterocycles. The first-order chi connectivity index (χ1) is 8.02. The van der Waals surface area contributed by atoms with Gasteiger partial charge in [-0.25, -0.2) is 4.98 Å². The van der Waals surface area contributed by atoms with E-state index in [1.807, 2.05) is 0 Å². The highest BCUT2D eigenvalue weighted by molar-refractivity contribution is 7.09. The fourth-order valence-corrected chi connectivity index (χ4v) is 1.89. The number of amides is 1. The van der Waals surface area contributed by atoms with Gasteiger partial charge in [-0.3, -0.25) is 9.59 Å². The molecule has 6 nitrogen and oxygen atoms in total. The van der Waals surface area contributed by atoms with E-state index in [9.17, 15) is 9.59 Å². The number of thiazole rings is 1. The van der Waals surface area contributed by atoms with Crippen LogP contribution in [0.5, 0.6) is 0 Å². The number of aliphatic carboxylic acids is 1. The highest BCUT2D eigenvalue weighted by atomic mass is 32.1. The van der Waals surface area contributed by atoms with Crippen LogP contribution in [0.15, 0.2) is 5.38 Å². The average Bonchev–Trinajstić information content (AvgIpc) is 2.73. The van der Waals surface area contributed by atoms with Gasteiger partial charge in [0.05, 0.1) is 0 Å². The van der Waals surface area contributed by atoms with Gasteiger partial charge in [-0.2, -0.15) is 0 Å². The number of carboxylic acid groups (broad SMARTS) is 1. The molecule has 0 saturated carbocycles. The van der Waals surface area contributed by atoms with Gasteiger partial charge in [-0.15, -0.1) is 11.3 Å². The Hall–Kier alpha value is -1.47. The zero-order valence-electron chi connectivity index (χ0n) is 9.47. The summed E-state index contributed by atoms with van der Waals surface area (Å²) >= 11 is 1.33. The molecule has 1 aromatic rings. The number of nitrogens with two attached hydrogens (primary N) is 1. The molecule has 0 aromatic carbocycles. The lowest BCUT2D eigenvalue weighted by Crippen LogP contribution is -2.29. The first kappa shape index (κ1) is 13.6. The molecule has 1 atom stereocenters. The molecule has 0 aliphatic rings. The summed E-state index contributed by atoms with van der Waals surface area (Å²) in [5, 5.41) is 13.5. The van der Waals surface area contributed by atoms with E-state index in [1.54, 1.807) is 12.3 Å². The van der Waals surface area contributed by atoms with Crippen molar-refractivity contribution in [1.29, 1.82) is 0 Å². The van der Waals surface area contributed by atoms with E-state index in [4.69, 9.17) is 10.8 Å². The Kier molecular flexibility index (Phi) is 5.05. The van der Waals surface area contributed by atoms with Crippen molar-refractivity contribution in [1.82, 2.24) is 10.3 Å². The molecule has 7 heteroatoms. The van der Waals surface area contributed by atoms with Crippen LogP contribution in [-0.4, -0.2) is 28.5 Å². The van der Waals surface area contributed by atoms with Gasteiger partial charge in [-0.05, 0) is 5.92 Å². The third kappa shape index (κ3) is 4.49. The fourth-order valence-electron chi connectivity index (χ4n) is 1.24. The lowest BCUT2D eigenvalue weighted by molar-refractivity contribution is -0.137. The zero-order valence-corrected chi connectivity index (χ0v) is 10.3. The van der Waals surface area contributed by atoms with Crippen LogP contribution in [0.25, 0.3) is 0 Å². The van der Waals surface area contributed by atoms with Crippen LogP contribution in [-0.2, 0) is 11.3 Å². The Morgan fingerprint density at radius 2 is 2.35 bits per heavy atom. The minimum atomic E-state index is -0.870. The van der Waals surface area contributed by atoms with Gasteiger partial charge in [0, 0.05) is 24.9 Å². The van der Waals surface area contributed by atoms with Gasteiger partial charge < -0.3 is 16.2 Å². The maximum Gasteiger partial charge on any atom is 0.303 e. The largest absolute Gasteiger partial charge is 0.481 e. The second kappa shape index (κ2) is 6.31. The topological polar surface area (TPSA) is 105 Å². The van der Waals surface area contributed by atoms with Crippen LogP contribution in [0.4, 0.5) is 0 Å². The molecule has 1 rings (SSSR count). The highest BCUT2D eigenvalue weighted by Gasteiger charge is 2.12. The molecule has 1 unspecified atom stereocenters. The fraction of sp³-hybridized carbons (Fsp3) is 0.500. The van der Waals surface area contributed by atoms with E-state index >= 15 is 0 Å². The standard InChI is InChI=1S/C10H15N3O3S/c1-6(2-9(14)15)4-12-10(16)7-5-17-8(3-11)13-7/h5-6H,2-4,11H2,1H3,(H,12,16)(H,14,15). The van der Waals surface area contributed by atoms with E-state index in [2.05, 4.69) is 10.3 Å². The Balaban J connectivity index is 2.41. The molecule has 94 valence electrons. The van der Waals surface area contributed by atoms with Crippen molar-refractivity contribution in [2.75, 3.05) is 6.54 Å². The zero-order chi connectivity index (χ0) is 12.8. The molecule has 0 aliphatic heterocycles. The van der Waals surface area contributed by atoms with Crippen LogP contribution >= 0.6 is 11.3 Å². The average molecular weight is 257 g/mol. The number of aromatic nitrogens is 1. The van der Waals surface area contributed by atoms with Crippen molar-refractivity contribution in [2.45, 2.75) is 19.9 Å². The summed E-state index contributed by atoms with van der Waals surface area (Å²) in [7, 11) is 0.